The van der Waals surface area contributed by atoms with Crippen molar-refractivity contribution in [2.24, 2.45) is 0 Å². The van der Waals surface area contributed by atoms with E-state index >= 15 is 0 Å². The molecule has 0 bridgehead atoms. The minimum absolute atomic E-state index is 0.00268. The number of piperazine rings is 1. The van der Waals surface area contributed by atoms with Crippen LogP contribution in [0, 0.1) is 0 Å². The van der Waals surface area contributed by atoms with Gasteiger partial charge in [0.05, 0.1) is 24.5 Å². The summed E-state index contributed by atoms with van der Waals surface area (Å²) in [7, 11) is 2.11. The first-order chi connectivity index (χ1) is 17.6. The van der Waals surface area contributed by atoms with Crippen LogP contribution < -0.4 is 10.2 Å². The molecule has 186 valence electrons. The summed E-state index contributed by atoms with van der Waals surface area (Å²) in [4.78, 5) is 39.1. The van der Waals surface area contributed by atoms with Gasteiger partial charge in [-0.05, 0) is 31.3 Å². The van der Waals surface area contributed by atoms with Crippen molar-refractivity contribution in [1.82, 2.24) is 29.7 Å². The molecule has 1 aromatic carbocycles. The van der Waals surface area contributed by atoms with E-state index in [1.54, 1.807) is 23.7 Å². The molecular weight excluding hydrogens is 476 g/mol. The number of likely N-dealkylation sites (N-methyl/N-ethyl adjacent to an activating group) is 1. The number of anilines is 2. The monoisotopic (exact) mass is 504 g/mol. The number of rotatable bonds is 5. The first-order valence-electron chi connectivity index (χ1n) is 12.2. The van der Waals surface area contributed by atoms with Gasteiger partial charge >= 0.3 is 0 Å². The summed E-state index contributed by atoms with van der Waals surface area (Å²) in [6, 6.07) is 7.72. The lowest BCUT2D eigenvalue weighted by molar-refractivity contribution is -0.117. The van der Waals surface area contributed by atoms with Crippen molar-refractivity contribution in [2.75, 3.05) is 76.3 Å². The first kappa shape index (κ1) is 23.2. The van der Waals surface area contributed by atoms with Crippen molar-refractivity contribution in [2.45, 2.75) is 0 Å². The highest BCUT2D eigenvalue weighted by Crippen LogP contribution is 2.37. The number of carbonyl (C=O) groups excluding carboxylic acids is 1. The summed E-state index contributed by atoms with van der Waals surface area (Å²) in [6.07, 6.45) is 3.40. The molecule has 1 amide bonds. The summed E-state index contributed by atoms with van der Waals surface area (Å²) >= 11 is 1.57. The maximum atomic E-state index is 12.6. The minimum Gasteiger partial charge on any atom is -0.378 e. The fourth-order valence-corrected chi connectivity index (χ4v) is 5.64. The Morgan fingerprint density at radius 2 is 1.72 bits per heavy atom. The van der Waals surface area contributed by atoms with Crippen LogP contribution in [0.3, 0.4) is 0 Å². The van der Waals surface area contributed by atoms with E-state index in [9.17, 15) is 4.79 Å². The van der Waals surface area contributed by atoms with Crippen molar-refractivity contribution in [3.05, 3.63) is 36.7 Å². The number of aromatic nitrogens is 4. The Bertz CT molecular complexity index is 1380. The fourth-order valence-electron chi connectivity index (χ4n) is 4.58. The zero-order chi connectivity index (χ0) is 24.5. The lowest BCUT2D eigenvalue weighted by atomic mass is 10.2. The highest BCUT2D eigenvalue weighted by atomic mass is 32.1. The predicted molar refractivity (Wildman–Crippen MR) is 142 cm³/mol. The SMILES string of the molecule is CN1CCN(CC(=O)Nc2ccc(-c3nc(N4CCOCC4)c4sc5nccnc5c4n3)cc2)CC1. The Morgan fingerprint density at radius 3 is 2.50 bits per heavy atom. The highest BCUT2D eigenvalue weighted by molar-refractivity contribution is 7.25. The van der Waals surface area contributed by atoms with Gasteiger partial charge in [-0.3, -0.25) is 9.69 Å². The second-order valence-electron chi connectivity index (χ2n) is 9.17. The molecule has 10 nitrogen and oxygen atoms in total. The number of amides is 1. The van der Waals surface area contributed by atoms with Crippen LogP contribution in [0.25, 0.3) is 32.0 Å². The number of benzene rings is 1. The van der Waals surface area contributed by atoms with E-state index < -0.39 is 0 Å². The van der Waals surface area contributed by atoms with E-state index in [1.807, 2.05) is 24.3 Å². The number of nitrogens with one attached hydrogen (secondary N) is 1. The highest BCUT2D eigenvalue weighted by Gasteiger charge is 2.22. The van der Waals surface area contributed by atoms with Gasteiger partial charge in [-0.15, -0.1) is 11.3 Å². The molecule has 2 aliphatic heterocycles. The summed E-state index contributed by atoms with van der Waals surface area (Å²) < 4.78 is 6.55. The van der Waals surface area contributed by atoms with E-state index in [-0.39, 0.29) is 5.91 Å². The van der Waals surface area contributed by atoms with Crippen LogP contribution in [0.1, 0.15) is 0 Å². The Labute approximate surface area is 212 Å². The Balaban J connectivity index is 1.26. The molecule has 0 saturated carbocycles. The average Bonchev–Trinajstić information content (AvgIpc) is 3.29. The number of hydrogen-bond acceptors (Lipinski definition) is 10. The van der Waals surface area contributed by atoms with E-state index in [4.69, 9.17) is 14.7 Å². The van der Waals surface area contributed by atoms with Gasteiger partial charge in [-0.1, -0.05) is 0 Å². The molecule has 0 aliphatic carbocycles. The molecule has 0 unspecified atom stereocenters. The lowest BCUT2D eigenvalue weighted by Gasteiger charge is -2.31. The van der Waals surface area contributed by atoms with E-state index in [0.717, 1.165) is 76.9 Å². The summed E-state index contributed by atoms with van der Waals surface area (Å²) in [5.74, 6) is 1.53. The van der Waals surface area contributed by atoms with Crippen LogP contribution in [0.5, 0.6) is 0 Å². The molecule has 6 rings (SSSR count). The van der Waals surface area contributed by atoms with E-state index in [2.05, 4.69) is 37.0 Å². The Hall–Kier alpha value is -3.25. The van der Waals surface area contributed by atoms with Crippen molar-refractivity contribution in [3.8, 4) is 11.4 Å². The number of fused-ring (bicyclic) bond motifs is 3. The molecule has 4 aromatic rings. The number of morpholine rings is 1. The van der Waals surface area contributed by atoms with Crippen LogP contribution in [0.2, 0.25) is 0 Å². The largest absolute Gasteiger partial charge is 0.378 e. The molecule has 36 heavy (non-hydrogen) atoms. The van der Waals surface area contributed by atoms with Gasteiger partial charge in [-0.2, -0.15) is 0 Å². The van der Waals surface area contributed by atoms with Crippen LogP contribution in [0.4, 0.5) is 11.5 Å². The van der Waals surface area contributed by atoms with E-state index in [1.165, 1.54) is 0 Å². The number of thiophene rings is 1. The third kappa shape index (κ3) is 4.74. The normalized spacial score (nSPS) is 17.6. The molecule has 0 radical (unpaired) electrons. The molecule has 0 spiro atoms. The van der Waals surface area contributed by atoms with E-state index in [0.29, 0.717) is 25.6 Å². The lowest BCUT2D eigenvalue weighted by Crippen LogP contribution is -2.47. The third-order valence-corrected chi connectivity index (χ3v) is 7.71. The van der Waals surface area contributed by atoms with Crippen molar-refractivity contribution in [1.29, 1.82) is 0 Å². The fraction of sp³-hybridized carbons (Fsp3) is 0.400. The molecule has 3 aromatic heterocycles. The molecular formula is C25H28N8O2S. The number of hydrogen-bond donors (Lipinski definition) is 1. The molecule has 1 N–H and O–H groups in total. The van der Waals surface area contributed by atoms with Gasteiger partial charge in [0.1, 0.15) is 15.9 Å². The molecule has 2 aliphatic rings. The van der Waals surface area contributed by atoms with Crippen LogP contribution >= 0.6 is 11.3 Å². The summed E-state index contributed by atoms with van der Waals surface area (Å²) in [5.41, 5.74) is 3.26. The summed E-state index contributed by atoms with van der Waals surface area (Å²) in [5, 5.41) is 3.02. The van der Waals surface area contributed by atoms with Crippen molar-refractivity contribution in [3.63, 3.8) is 0 Å². The number of carbonyl (C=O) groups is 1. The second-order valence-corrected chi connectivity index (χ2v) is 10.2. The summed E-state index contributed by atoms with van der Waals surface area (Å²) in [6.45, 7) is 7.11. The zero-order valence-electron chi connectivity index (χ0n) is 20.2. The van der Waals surface area contributed by atoms with Crippen LogP contribution in [-0.2, 0) is 9.53 Å². The molecule has 2 fully saturated rings. The maximum absolute atomic E-state index is 12.6. The Morgan fingerprint density at radius 1 is 0.972 bits per heavy atom. The molecule has 5 heterocycles. The zero-order valence-corrected chi connectivity index (χ0v) is 21.0. The molecule has 2 saturated heterocycles. The quantitative estimate of drug-likeness (QED) is 0.439. The number of ether oxygens (including phenoxy) is 1. The average molecular weight is 505 g/mol. The topological polar surface area (TPSA) is 99.6 Å². The Kier molecular flexibility index (Phi) is 6.45. The van der Waals surface area contributed by atoms with Gasteiger partial charge in [0, 0.05) is 62.9 Å². The third-order valence-electron chi connectivity index (χ3n) is 6.64. The minimum atomic E-state index is 0.00268. The van der Waals surface area contributed by atoms with Gasteiger partial charge in [0.15, 0.2) is 11.6 Å². The van der Waals surface area contributed by atoms with Crippen molar-refractivity contribution < 1.29 is 9.53 Å². The second kappa shape index (κ2) is 10.0. The van der Waals surface area contributed by atoms with Crippen molar-refractivity contribution >= 4 is 49.3 Å². The maximum Gasteiger partial charge on any atom is 0.238 e. The van der Waals surface area contributed by atoms with Crippen LogP contribution in [-0.4, -0.2) is 102 Å². The van der Waals surface area contributed by atoms with Gasteiger partial charge in [0.2, 0.25) is 5.91 Å². The van der Waals surface area contributed by atoms with Gasteiger partial charge in [0.25, 0.3) is 0 Å². The smallest absolute Gasteiger partial charge is 0.238 e. The molecule has 0 atom stereocenters. The van der Waals surface area contributed by atoms with Gasteiger partial charge in [-0.25, -0.2) is 19.9 Å². The standard InChI is InChI=1S/C25H28N8O2S/c1-31-8-10-32(11-9-31)16-19(34)28-18-4-2-17(3-5-18)23-29-20-21-25(27-7-6-26-21)36-22(20)24(30-23)33-12-14-35-15-13-33/h2-7H,8-16H2,1H3,(H,28,34). The van der Waals surface area contributed by atoms with Gasteiger partial charge < -0.3 is 19.9 Å². The predicted octanol–water partition coefficient (Wildman–Crippen LogP) is 2.32. The molecule has 11 heteroatoms. The number of nitrogens with zero attached hydrogens (tertiary/aromatic N) is 7. The van der Waals surface area contributed by atoms with Crippen LogP contribution in [0.15, 0.2) is 36.7 Å². The first-order valence-corrected chi connectivity index (χ1v) is 13.0.